The Bertz CT molecular complexity index is 1380. The quantitative estimate of drug-likeness (QED) is 0.360. The second-order valence-electron chi connectivity index (χ2n) is 8.71. The maximum atomic E-state index is 11.7. The van der Waals surface area contributed by atoms with Gasteiger partial charge in [0.1, 0.15) is 0 Å². The van der Waals surface area contributed by atoms with Crippen molar-refractivity contribution in [3.63, 3.8) is 0 Å². The molecule has 0 saturated carbocycles. The lowest BCUT2D eigenvalue weighted by Crippen LogP contribution is -2.46. The van der Waals surface area contributed by atoms with Crippen LogP contribution in [-0.2, 0) is 4.79 Å². The normalized spacial score (nSPS) is 14.0. The fourth-order valence-electron chi connectivity index (χ4n) is 4.42. The average Bonchev–Trinajstić information content (AvgIpc) is 2.93. The summed E-state index contributed by atoms with van der Waals surface area (Å²) in [4.78, 5) is 25.9. The van der Waals surface area contributed by atoms with Crippen molar-refractivity contribution in [1.82, 2.24) is 14.9 Å². The average molecular weight is 478 g/mol. The van der Waals surface area contributed by atoms with E-state index >= 15 is 0 Å². The Hall–Kier alpha value is -4.23. The highest BCUT2D eigenvalue weighted by atomic mass is 16.1. The summed E-state index contributed by atoms with van der Waals surface area (Å²) in [5.74, 6) is 0.285. The molecule has 0 unspecified atom stereocenters. The van der Waals surface area contributed by atoms with E-state index in [4.69, 9.17) is 4.98 Å². The first-order valence-electron chi connectivity index (χ1n) is 12.1. The van der Waals surface area contributed by atoms with Crippen LogP contribution in [0.15, 0.2) is 85.6 Å². The van der Waals surface area contributed by atoms with Crippen LogP contribution in [0.1, 0.15) is 0 Å². The van der Waals surface area contributed by atoms with E-state index < -0.39 is 0 Å². The van der Waals surface area contributed by atoms with Crippen LogP contribution in [0.5, 0.6) is 0 Å². The van der Waals surface area contributed by atoms with Crippen LogP contribution in [0.25, 0.3) is 22.0 Å². The Balaban J connectivity index is 1.37. The second kappa shape index (κ2) is 10.6. The van der Waals surface area contributed by atoms with Gasteiger partial charge < -0.3 is 15.5 Å². The molecule has 0 spiro atoms. The number of rotatable bonds is 7. The summed E-state index contributed by atoms with van der Waals surface area (Å²) in [7, 11) is 0. The predicted molar refractivity (Wildman–Crippen MR) is 148 cm³/mol. The molecule has 1 amide bonds. The Kier molecular flexibility index (Phi) is 6.91. The summed E-state index contributed by atoms with van der Waals surface area (Å²) < 4.78 is 0. The molecular formula is C29H29N6O. The van der Waals surface area contributed by atoms with Gasteiger partial charge in [-0.15, -0.1) is 0 Å². The van der Waals surface area contributed by atoms with E-state index in [0.717, 1.165) is 60.4 Å². The third-order valence-electron chi connectivity index (χ3n) is 6.41. The van der Waals surface area contributed by atoms with Crippen LogP contribution >= 0.6 is 0 Å². The predicted octanol–water partition coefficient (Wildman–Crippen LogP) is 5.12. The number of hydrogen-bond donors (Lipinski definition) is 2. The molecule has 2 heterocycles. The minimum atomic E-state index is -0.245. The van der Waals surface area contributed by atoms with E-state index in [9.17, 15) is 4.79 Å². The van der Waals surface area contributed by atoms with Gasteiger partial charge in [0, 0.05) is 60.4 Å². The molecule has 1 radical (unpaired) electrons. The molecule has 1 aromatic heterocycles. The SMILES string of the molecule is [CH2]CN1CCN(c2ccc(Nc3ncc4cccc(-c5cccc(NC(=O)C=C)c5)c4n3)cc2)CC1. The molecule has 0 aliphatic carbocycles. The Labute approximate surface area is 211 Å². The van der Waals surface area contributed by atoms with Gasteiger partial charge in [-0.1, -0.05) is 36.9 Å². The van der Waals surface area contributed by atoms with Crippen LogP contribution in [0.2, 0.25) is 0 Å². The molecule has 1 aliphatic rings. The molecule has 1 fully saturated rings. The van der Waals surface area contributed by atoms with Gasteiger partial charge in [0.25, 0.3) is 0 Å². The number of nitrogens with one attached hydrogen (secondary N) is 2. The summed E-state index contributed by atoms with van der Waals surface area (Å²) in [5, 5.41) is 7.10. The van der Waals surface area contributed by atoms with Gasteiger partial charge in [-0.2, -0.15) is 0 Å². The fourth-order valence-corrected chi connectivity index (χ4v) is 4.42. The topological polar surface area (TPSA) is 73.4 Å². The summed E-state index contributed by atoms with van der Waals surface area (Å²) >= 11 is 0. The maximum Gasteiger partial charge on any atom is 0.247 e. The molecule has 0 atom stereocenters. The molecule has 4 aromatic rings. The van der Waals surface area contributed by atoms with Crippen molar-refractivity contribution in [3.05, 3.63) is 92.5 Å². The second-order valence-corrected chi connectivity index (χ2v) is 8.71. The zero-order valence-corrected chi connectivity index (χ0v) is 20.2. The number of aromatic nitrogens is 2. The van der Waals surface area contributed by atoms with Crippen LogP contribution in [-0.4, -0.2) is 53.5 Å². The lowest BCUT2D eigenvalue weighted by molar-refractivity contribution is -0.111. The first-order chi connectivity index (χ1) is 17.6. The van der Waals surface area contributed by atoms with Crippen molar-refractivity contribution in [2.75, 3.05) is 48.3 Å². The van der Waals surface area contributed by atoms with E-state index in [0.29, 0.717) is 11.6 Å². The van der Waals surface area contributed by atoms with Gasteiger partial charge in [-0.3, -0.25) is 9.69 Å². The number of anilines is 4. The molecule has 5 rings (SSSR count). The van der Waals surface area contributed by atoms with E-state index in [1.165, 1.54) is 11.8 Å². The molecule has 0 bridgehead atoms. The number of nitrogens with zero attached hydrogens (tertiary/aromatic N) is 4. The number of amides is 1. The van der Waals surface area contributed by atoms with E-state index in [-0.39, 0.29) is 5.91 Å². The van der Waals surface area contributed by atoms with Crippen LogP contribution in [0, 0.1) is 6.92 Å². The van der Waals surface area contributed by atoms with Crippen LogP contribution < -0.4 is 15.5 Å². The zero-order valence-electron chi connectivity index (χ0n) is 20.2. The Morgan fingerprint density at radius 3 is 2.50 bits per heavy atom. The highest BCUT2D eigenvalue weighted by Crippen LogP contribution is 2.30. The number of fused-ring (bicyclic) bond motifs is 1. The molecule has 181 valence electrons. The van der Waals surface area contributed by atoms with Gasteiger partial charge in [-0.05, 0) is 61.5 Å². The lowest BCUT2D eigenvalue weighted by atomic mass is 10.0. The number of benzene rings is 3. The van der Waals surface area contributed by atoms with Crippen molar-refractivity contribution in [2.24, 2.45) is 0 Å². The molecule has 7 nitrogen and oxygen atoms in total. The Morgan fingerprint density at radius 2 is 1.75 bits per heavy atom. The first kappa shape index (κ1) is 23.5. The molecule has 1 saturated heterocycles. The number of piperazine rings is 1. The van der Waals surface area contributed by atoms with Crippen molar-refractivity contribution < 1.29 is 4.79 Å². The minimum absolute atomic E-state index is 0.245. The smallest absolute Gasteiger partial charge is 0.247 e. The monoisotopic (exact) mass is 477 g/mol. The molecule has 2 N–H and O–H groups in total. The van der Waals surface area contributed by atoms with Gasteiger partial charge in [0.05, 0.1) is 5.52 Å². The maximum absolute atomic E-state index is 11.7. The standard InChI is InChI=1S/C29H29N6O/c1-3-27(36)31-24-9-5-7-21(19-24)26-10-6-8-22-20-30-29(33-28(22)26)32-23-11-13-25(14-12-23)35-17-15-34(4-2)16-18-35/h3,5-14,19-20H,1-2,4,15-18H2,(H,31,36)(H,30,32,33). The number of para-hydroxylation sites is 1. The van der Waals surface area contributed by atoms with Crippen molar-refractivity contribution in [2.45, 2.75) is 0 Å². The number of carbonyl (C=O) groups is 1. The fraction of sp³-hybridized carbons (Fsp3) is 0.172. The van der Waals surface area contributed by atoms with E-state index in [1.54, 1.807) is 0 Å². The first-order valence-corrected chi connectivity index (χ1v) is 12.1. The van der Waals surface area contributed by atoms with Gasteiger partial charge >= 0.3 is 0 Å². The van der Waals surface area contributed by atoms with Crippen LogP contribution in [0.4, 0.5) is 23.0 Å². The number of carbonyl (C=O) groups excluding carboxylic acids is 1. The molecular weight excluding hydrogens is 448 g/mol. The summed E-state index contributed by atoms with van der Waals surface area (Å²) in [5.41, 5.74) is 5.60. The van der Waals surface area contributed by atoms with Gasteiger partial charge in [-0.25, -0.2) is 9.97 Å². The minimum Gasteiger partial charge on any atom is -0.369 e. The van der Waals surface area contributed by atoms with Crippen molar-refractivity contribution >= 4 is 39.8 Å². The van der Waals surface area contributed by atoms with E-state index in [1.807, 2.05) is 48.7 Å². The zero-order chi connectivity index (χ0) is 24.9. The van der Waals surface area contributed by atoms with E-state index in [2.05, 4.69) is 63.2 Å². The molecule has 7 heteroatoms. The summed E-state index contributed by atoms with van der Waals surface area (Å²) in [6.07, 6.45) is 3.08. The highest BCUT2D eigenvalue weighted by Gasteiger charge is 2.16. The third kappa shape index (κ3) is 5.21. The van der Waals surface area contributed by atoms with Gasteiger partial charge in [0.2, 0.25) is 11.9 Å². The summed E-state index contributed by atoms with van der Waals surface area (Å²) in [6, 6.07) is 22.1. The molecule has 1 aliphatic heterocycles. The van der Waals surface area contributed by atoms with Gasteiger partial charge in [0.15, 0.2) is 0 Å². The van der Waals surface area contributed by atoms with Crippen LogP contribution in [0.3, 0.4) is 0 Å². The Morgan fingerprint density at radius 1 is 0.972 bits per heavy atom. The number of hydrogen-bond acceptors (Lipinski definition) is 6. The van der Waals surface area contributed by atoms with Crippen molar-refractivity contribution in [3.8, 4) is 11.1 Å². The lowest BCUT2D eigenvalue weighted by Gasteiger charge is -2.35. The molecule has 36 heavy (non-hydrogen) atoms. The summed E-state index contributed by atoms with van der Waals surface area (Å²) in [6.45, 7) is 12.5. The third-order valence-corrected chi connectivity index (χ3v) is 6.41. The van der Waals surface area contributed by atoms with Crippen molar-refractivity contribution in [1.29, 1.82) is 0 Å². The largest absolute Gasteiger partial charge is 0.369 e. The highest BCUT2D eigenvalue weighted by molar-refractivity contribution is 6.00. The molecule has 3 aromatic carbocycles.